The van der Waals surface area contributed by atoms with Crippen LogP contribution in [0.2, 0.25) is 0 Å². The van der Waals surface area contributed by atoms with Crippen LogP contribution in [0.25, 0.3) is 5.76 Å². The Morgan fingerprint density at radius 3 is 2.19 bits per heavy atom. The highest BCUT2D eigenvalue weighted by Crippen LogP contribution is 2.45. The van der Waals surface area contributed by atoms with Crippen molar-refractivity contribution in [2.24, 2.45) is 0 Å². The molecular formula is C24H22O2. The van der Waals surface area contributed by atoms with E-state index in [2.05, 4.69) is 62.4 Å². The van der Waals surface area contributed by atoms with Crippen molar-refractivity contribution in [2.45, 2.75) is 19.8 Å². The van der Waals surface area contributed by atoms with Gasteiger partial charge < -0.3 is 9.47 Å². The maximum Gasteiger partial charge on any atom is 0.134 e. The summed E-state index contributed by atoms with van der Waals surface area (Å²) in [6.07, 6.45) is 0. The van der Waals surface area contributed by atoms with Crippen LogP contribution in [-0.2, 0) is 0 Å². The Kier molecular flexibility index (Phi) is 4.26. The van der Waals surface area contributed by atoms with Gasteiger partial charge in [-0.1, -0.05) is 60.2 Å². The predicted molar refractivity (Wildman–Crippen MR) is 106 cm³/mol. The molecule has 0 aromatic heterocycles. The molecule has 0 saturated heterocycles. The van der Waals surface area contributed by atoms with E-state index in [0.717, 1.165) is 22.8 Å². The highest BCUT2D eigenvalue weighted by atomic mass is 16.5. The molecule has 4 rings (SSSR count). The summed E-state index contributed by atoms with van der Waals surface area (Å²) in [6.45, 7) is 4.27. The first-order valence-corrected chi connectivity index (χ1v) is 8.86. The zero-order valence-corrected chi connectivity index (χ0v) is 15.3. The molecule has 130 valence electrons. The van der Waals surface area contributed by atoms with E-state index >= 15 is 0 Å². The molecule has 1 heterocycles. The third-order valence-corrected chi connectivity index (χ3v) is 5.00. The SMILES string of the molecule is COc1ccc([C@H]2C(C)=C(c3ccc(C)cc3)Oc3ccccc32)cc1. The second kappa shape index (κ2) is 6.72. The lowest BCUT2D eigenvalue weighted by molar-refractivity contribution is 0.414. The minimum absolute atomic E-state index is 0.169. The molecule has 1 aliphatic heterocycles. The number of benzene rings is 3. The molecule has 0 saturated carbocycles. The van der Waals surface area contributed by atoms with Crippen LogP contribution in [0.15, 0.2) is 78.4 Å². The zero-order valence-electron chi connectivity index (χ0n) is 15.3. The molecule has 0 spiro atoms. The standard InChI is InChI=1S/C24H22O2/c1-16-8-10-19(11-9-16)24-17(2)23(18-12-14-20(25-3)15-13-18)21-6-4-5-7-22(21)26-24/h4-15,23H,1-3H3/t23-/m1/s1. The topological polar surface area (TPSA) is 18.5 Å². The molecule has 0 fully saturated rings. The average molecular weight is 342 g/mol. The molecule has 3 aromatic rings. The lowest BCUT2D eigenvalue weighted by Crippen LogP contribution is -2.14. The van der Waals surface area contributed by atoms with Crippen molar-refractivity contribution in [2.75, 3.05) is 7.11 Å². The highest BCUT2D eigenvalue weighted by molar-refractivity contribution is 5.72. The minimum Gasteiger partial charge on any atom is -0.497 e. The lowest BCUT2D eigenvalue weighted by atomic mass is 9.82. The molecule has 2 nitrogen and oxygen atoms in total. The summed E-state index contributed by atoms with van der Waals surface area (Å²) in [5.41, 5.74) is 6.02. The summed E-state index contributed by atoms with van der Waals surface area (Å²) in [7, 11) is 1.69. The first-order valence-electron chi connectivity index (χ1n) is 8.86. The molecule has 0 aliphatic carbocycles. The Morgan fingerprint density at radius 1 is 0.808 bits per heavy atom. The Hall–Kier alpha value is -3.00. The van der Waals surface area contributed by atoms with Gasteiger partial charge in [0.2, 0.25) is 0 Å². The Balaban J connectivity index is 1.86. The number of hydrogen-bond acceptors (Lipinski definition) is 2. The molecule has 0 bridgehead atoms. The van der Waals surface area contributed by atoms with Gasteiger partial charge in [0, 0.05) is 17.0 Å². The van der Waals surface area contributed by atoms with Gasteiger partial charge >= 0.3 is 0 Å². The van der Waals surface area contributed by atoms with Gasteiger partial charge in [-0.15, -0.1) is 0 Å². The molecule has 0 amide bonds. The van der Waals surface area contributed by atoms with Gasteiger partial charge in [-0.3, -0.25) is 0 Å². The van der Waals surface area contributed by atoms with Crippen molar-refractivity contribution in [3.05, 3.63) is 101 Å². The van der Waals surface area contributed by atoms with Crippen LogP contribution in [0.4, 0.5) is 0 Å². The second-order valence-electron chi connectivity index (χ2n) is 6.72. The number of fused-ring (bicyclic) bond motifs is 1. The van der Waals surface area contributed by atoms with Crippen LogP contribution in [0, 0.1) is 6.92 Å². The number of para-hydroxylation sites is 1. The van der Waals surface area contributed by atoms with Gasteiger partial charge in [-0.05, 0) is 43.2 Å². The normalized spacial score (nSPS) is 16.0. The van der Waals surface area contributed by atoms with Crippen molar-refractivity contribution in [1.82, 2.24) is 0 Å². The third-order valence-electron chi connectivity index (χ3n) is 5.00. The molecule has 2 heteroatoms. The summed E-state index contributed by atoms with van der Waals surface area (Å²) in [6, 6.07) is 25.1. The maximum absolute atomic E-state index is 6.32. The lowest BCUT2D eigenvalue weighted by Gasteiger charge is -2.30. The van der Waals surface area contributed by atoms with E-state index in [9.17, 15) is 0 Å². The van der Waals surface area contributed by atoms with Gasteiger partial charge in [0.05, 0.1) is 7.11 Å². The molecule has 0 radical (unpaired) electrons. The van der Waals surface area contributed by atoms with Crippen LogP contribution >= 0.6 is 0 Å². The number of hydrogen-bond donors (Lipinski definition) is 0. The number of rotatable bonds is 3. The van der Waals surface area contributed by atoms with E-state index in [1.807, 2.05) is 24.3 Å². The van der Waals surface area contributed by atoms with E-state index in [1.54, 1.807) is 7.11 Å². The van der Waals surface area contributed by atoms with Crippen molar-refractivity contribution in [3.8, 4) is 11.5 Å². The summed E-state index contributed by atoms with van der Waals surface area (Å²) in [4.78, 5) is 0. The Morgan fingerprint density at radius 2 is 1.50 bits per heavy atom. The molecule has 0 unspecified atom stereocenters. The Bertz CT molecular complexity index is 950. The van der Waals surface area contributed by atoms with E-state index in [0.29, 0.717) is 0 Å². The third kappa shape index (κ3) is 2.88. The van der Waals surface area contributed by atoms with Crippen LogP contribution in [-0.4, -0.2) is 7.11 Å². The maximum atomic E-state index is 6.32. The summed E-state index contributed by atoms with van der Waals surface area (Å²) in [5, 5.41) is 0. The van der Waals surface area contributed by atoms with E-state index < -0.39 is 0 Å². The number of ether oxygens (including phenoxy) is 2. The molecule has 0 N–H and O–H groups in total. The first-order chi connectivity index (χ1) is 12.7. The van der Waals surface area contributed by atoms with Crippen LogP contribution in [0.1, 0.15) is 35.1 Å². The zero-order chi connectivity index (χ0) is 18.1. The summed E-state index contributed by atoms with van der Waals surface area (Å²) >= 11 is 0. The van der Waals surface area contributed by atoms with Gasteiger partial charge in [0.15, 0.2) is 0 Å². The van der Waals surface area contributed by atoms with Gasteiger partial charge in [0.25, 0.3) is 0 Å². The first kappa shape index (κ1) is 16.5. The van der Waals surface area contributed by atoms with Gasteiger partial charge in [0.1, 0.15) is 17.3 Å². The van der Waals surface area contributed by atoms with Crippen LogP contribution in [0.5, 0.6) is 11.5 Å². The quantitative estimate of drug-likeness (QED) is 0.585. The van der Waals surface area contributed by atoms with Gasteiger partial charge in [-0.25, -0.2) is 0 Å². The minimum atomic E-state index is 0.169. The fourth-order valence-electron chi connectivity index (χ4n) is 3.58. The number of aryl methyl sites for hydroxylation is 1. The van der Waals surface area contributed by atoms with Gasteiger partial charge in [-0.2, -0.15) is 0 Å². The fraction of sp³-hybridized carbons (Fsp3) is 0.167. The highest BCUT2D eigenvalue weighted by Gasteiger charge is 2.28. The average Bonchev–Trinajstić information content (AvgIpc) is 2.68. The molecule has 3 aromatic carbocycles. The van der Waals surface area contributed by atoms with Crippen molar-refractivity contribution < 1.29 is 9.47 Å². The predicted octanol–water partition coefficient (Wildman–Crippen LogP) is 5.96. The molecular weight excluding hydrogens is 320 g/mol. The summed E-state index contributed by atoms with van der Waals surface area (Å²) in [5.74, 6) is 2.91. The number of allylic oxidation sites excluding steroid dienone is 1. The van der Waals surface area contributed by atoms with Crippen molar-refractivity contribution >= 4 is 5.76 Å². The smallest absolute Gasteiger partial charge is 0.134 e. The van der Waals surface area contributed by atoms with E-state index in [1.165, 1.54) is 22.3 Å². The second-order valence-corrected chi connectivity index (χ2v) is 6.72. The van der Waals surface area contributed by atoms with E-state index in [4.69, 9.17) is 9.47 Å². The largest absolute Gasteiger partial charge is 0.497 e. The monoisotopic (exact) mass is 342 g/mol. The van der Waals surface area contributed by atoms with Crippen LogP contribution in [0.3, 0.4) is 0 Å². The van der Waals surface area contributed by atoms with Crippen molar-refractivity contribution in [3.63, 3.8) is 0 Å². The number of methoxy groups -OCH3 is 1. The molecule has 1 atom stereocenters. The molecule has 1 aliphatic rings. The molecule has 26 heavy (non-hydrogen) atoms. The van der Waals surface area contributed by atoms with Crippen molar-refractivity contribution in [1.29, 1.82) is 0 Å². The van der Waals surface area contributed by atoms with E-state index in [-0.39, 0.29) is 5.92 Å². The Labute approximate surface area is 154 Å². The fourth-order valence-corrected chi connectivity index (χ4v) is 3.58. The van der Waals surface area contributed by atoms with Crippen LogP contribution < -0.4 is 9.47 Å². The summed E-state index contributed by atoms with van der Waals surface area (Å²) < 4.78 is 11.6.